The normalized spacial score (nSPS) is 27.5. The number of carbonyl (C=O) groups excluding carboxylic acids is 1. The average Bonchev–Trinajstić information content (AvgIpc) is 2.36. The van der Waals surface area contributed by atoms with Crippen molar-refractivity contribution in [2.24, 2.45) is 11.8 Å². The van der Waals surface area contributed by atoms with Gasteiger partial charge >= 0.3 is 5.97 Å². The van der Waals surface area contributed by atoms with E-state index in [0.717, 1.165) is 12.8 Å². The van der Waals surface area contributed by atoms with Crippen molar-refractivity contribution in [1.29, 1.82) is 0 Å². The van der Waals surface area contributed by atoms with Gasteiger partial charge in [-0.3, -0.25) is 9.59 Å². The molecular formula is C10H14O3. The molecule has 3 nitrogen and oxygen atoms in total. The summed E-state index contributed by atoms with van der Waals surface area (Å²) < 4.78 is 0. The van der Waals surface area contributed by atoms with Crippen molar-refractivity contribution in [3.63, 3.8) is 0 Å². The lowest BCUT2D eigenvalue weighted by Gasteiger charge is -2.05. The molecule has 1 N–H and O–H groups in total. The molecule has 1 rings (SSSR count). The molecule has 0 radical (unpaired) electrons. The molecule has 0 saturated heterocycles. The molecule has 0 bridgehead atoms. The molecule has 2 atom stereocenters. The third kappa shape index (κ3) is 2.41. The highest BCUT2D eigenvalue weighted by molar-refractivity contribution is 5.88. The molecule has 0 spiro atoms. The Morgan fingerprint density at radius 1 is 1.54 bits per heavy atom. The van der Waals surface area contributed by atoms with Gasteiger partial charge < -0.3 is 5.11 Å². The van der Waals surface area contributed by atoms with Crippen molar-refractivity contribution in [2.75, 3.05) is 0 Å². The zero-order chi connectivity index (χ0) is 9.84. The second kappa shape index (κ2) is 4.21. The van der Waals surface area contributed by atoms with Gasteiger partial charge in [-0.1, -0.05) is 6.08 Å². The van der Waals surface area contributed by atoms with E-state index in [1.165, 1.54) is 0 Å². The minimum absolute atomic E-state index is 0.00746. The Morgan fingerprint density at radius 2 is 2.15 bits per heavy atom. The van der Waals surface area contributed by atoms with Gasteiger partial charge in [-0.15, -0.1) is 6.58 Å². The van der Waals surface area contributed by atoms with Crippen LogP contribution in [0.15, 0.2) is 12.7 Å². The fourth-order valence-corrected chi connectivity index (χ4v) is 1.87. The van der Waals surface area contributed by atoms with Gasteiger partial charge in [0.25, 0.3) is 0 Å². The minimum Gasteiger partial charge on any atom is -0.481 e. The van der Waals surface area contributed by atoms with Crippen LogP contribution in [-0.4, -0.2) is 16.9 Å². The number of allylic oxidation sites excluding steroid dienone is 1. The molecular weight excluding hydrogens is 168 g/mol. The monoisotopic (exact) mass is 182 g/mol. The van der Waals surface area contributed by atoms with Crippen LogP contribution in [0.25, 0.3) is 0 Å². The summed E-state index contributed by atoms with van der Waals surface area (Å²) in [6, 6.07) is 0. The molecule has 0 aromatic rings. The van der Waals surface area contributed by atoms with E-state index < -0.39 is 5.97 Å². The number of hydrogen-bond acceptors (Lipinski definition) is 2. The first-order chi connectivity index (χ1) is 6.15. The fraction of sp³-hybridized carbons (Fsp3) is 0.600. The molecule has 0 aliphatic heterocycles. The van der Waals surface area contributed by atoms with Crippen LogP contribution in [0.3, 0.4) is 0 Å². The van der Waals surface area contributed by atoms with Gasteiger partial charge in [0, 0.05) is 11.8 Å². The highest BCUT2D eigenvalue weighted by Crippen LogP contribution is 2.31. The van der Waals surface area contributed by atoms with E-state index >= 15 is 0 Å². The number of rotatable bonds is 4. The average molecular weight is 182 g/mol. The maximum Gasteiger partial charge on any atom is 0.304 e. The zero-order valence-corrected chi connectivity index (χ0v) is 7.53. The summed E-state index contributed by atoms with van der Waals surface area (Å²) in [4.78, 5) is 21.9. The Labute approximate surface area is 77.4 Å². The number of Topliss-reactive ketones (excluding diaryl/α,β-unsaturated/α-hetero) is 1. The van der Waals surface area contributed by atoms with E-state index in [0.29, 0.717) is 6.42 Å². The van der Waals surface area contributed by atoms with Crippen LogP contribution in [-0.2, 0) is 9.59 Å². The van der Waals surface area contributed by atoms with Crippen molar-refractivity contribution < 1.29 is 14.7 Å². The van der Waals surface area contributed by atoms with Gasteiger partial charge in [0.1, 0.15) is 5.78 Å². The highest BCUT2D eigenvalue weighted by atomic mass is 16.4. The van der Waals surface area contributed by atoms with Gasteiger partial charge in [-0.25, -0.2) is 0 Å². The van der Waals surface area contributed by atoms with Crippen LogP contribution >= 0.6 is 0 Å². The Balaban J connectivity index is 2.49. The molecule has 1 aliphatic carbocycles. The van der Waals surface area contributed by atoms with Gasteiger partial charge in [-0.2, -0.15) is 0 Å². The van der Waals surface area contributed by atoms with Gasteiger partial charge in [0.15, 0.2) is 0 Å². The Morgan fingerprint density at radius 3 is 2.69 bits per heavy atom. The summed E-state index contributed by atoms with van der Waals surface area (Å²) in [6.45, 7) is 3.58. The maximum absolute atomic E-state index is 11.5. The number of aliphatic carboxylic acids is 1. The van der Waals surface area contributed by atoms with Gasteiger partial charge in [-0.05, 0) is 19.3 Å². The van der Waals surface area contributed by atoms with Crippen molar-refractivity contribution in [2.45, 2.75) is 25.7 Å². The van der Waals surface area contributed by atoms with E-state index in [1.807, 2.05) is 0 Å². The van der Waals surface area contributed by atoms with Crippen LogP contribution in [0, 0.1) is 11.8 Å². The fourth-order valence-electron chi connectivity index (χ4n) is 1.87. The molecule has 2 unspecified atom stereocenters. The lowest BCUT2D eigenvalue weighted by molar-refractivity contribution is -0.140. The predicted octanol–water partition coefficient (Wildman–Crippen LogP) is 1.63. The number of hydrogen-bond donors (Lipinski definition) is 1. The summed E-state index contributed by atoms with van der Waals surface area (Å²) in [5.74, 6) is -0.982. The summed E-state index contributed by atoms with van der Waals surface area (Å²) in [7, 11) is 0. The first-order valence-electron chi connectivity index (χ1n) is 4.51. The Hall–Kier alpha value is -1.12. The predicted molar refractivity (Wildman–Crippen MR) is 48.3 cm³/mol. The summed E-state index contributed by atoms with van der Waals surface area (Å²) in [6.07, 6.45) is 3.96. The molecule has 1 fully saturated rings. The SMILES string of the molecule is C=CCC1CCC(CC(=O)O)C1=O. The molecule has 1 aliphatic rings. The first-order valence-corrected chi connectivity index (χ1v) is 4.51. The quantitative estimate of drug-likeness (QED) is 0.672. The summed E-state index contributed by atoms with van der Waals surface area (Å²) in [5, 5.41) is 8.54. The minimum atomic E-state index is -0.877. The topological polar surface area (TPSA) is 54.4 Å². The molecule has 0 aromatic carbocycles. The second-order valence-corrected chi connectivity index (χ2v) is 3.50. The number of carbonyl (C=O) groups is 2. The van der Waals surface area contributed by atoms with E-state index in [4.69, 9.17) is 5.11 Å². The van der Waals surface area contributed by atoms with Crippen molar-refractivity contribution in [3.05, 3.63) is 12.7 Å². The van der Waals surface area contributed by atoms with E-state index in [-0.39, 0.29) is 24.0 Å². The number of carboxylic acids is 1. The van der Waals surface area contributed by atoms with Gasteiger partial charge in [0.2, 0.25) is 0 Å². The van der Waals surface area contributed by atoms with Gasteiger partial charge in [0.05, 0.1) is 6.42 Å². The van der Waals surface area contributed by atoms with Crippen molar-refractivity contribution in [3.8, 4) is 0 Å². The second-order valence-electron chi connectivity index (χ2n) is 3.50. The number of carboxylic acid groups (broad SMARTS) is 1. The van der Waals surface area contributed by atoms with E-state index in [1.54, 1.807) is 6.08 Å². The van der Waals surface area contributed by atoms with Crippen molar-refractivity contribution >= 4 is 11.8 Å². The molecule has 72 valence electrons. The molecule has 3 heteroatoms. The molecule has 0 heterocycles. The summed E-state index contributed by atoms with van der Waals surface area (Å²) in [5.41, 5.74) is 0. The van der Waals surface area contributed by atoms with Crippen LogP contribution in [0.2, 0.25) is 0 Å². The van der Waals surface area contributed by atoms with Crippen LogP contribution in [0.4, 0.5) is 0 Å². The maximum atomic E-state index is 11.5. The number of ketones is 1. The van der Waals surface area contributed by atoms with E-state index in [9.17, 15) is 9.59 Å². The Bertz CT molecular complexity index is 232. The van der Waals surface area contributed by atoms with Crippen LogP contribution in [0.1, 0.15) is 25.7 Å². The zero-order valence-electron chi connectivity index (χ0n) is 7.53. The Kier molecular flexibility index (Phi) is 3.23. The van der Waals surface area contributed by atoms with E-state index in [2.05, 4.69) is 6.58 Å². The third-order valence-corrected chi connectivity index (χ3v) is 2.54. The lowest BCUT2D eigenvalue weighted by Crippen LogP contribution is -2.16. The largest absolute Gasteiger partial charge is 0.481 e. The van der Waals surface area contributed by atoms with Crippen LogP contribution < -0.4 is 0 Å². The first kappa shape index (κ1) is 9.96. The van der Waals surface area contributed by atoms with Crippen LogP contribution in [0.5, 0.6) is 0 Å². The molecule has 1 saturated carbocycles. The van der Waals surface area contributed by atoms with Crippen molar-refractivity contribution in [1.82, 2.24) is 0 Å². The molecule has 13 heavy (non-hydrogen) atoms. The third-order valence-electron chi connectivity index (χ3n) is 2.54. The molecule has 0 aromatic heterocycles. The summed E-state index contributed by atoms with van der Waals surface area (Å²) >= 11 is 0. The smallest absolute Gasteiger partial charge is 0.304 e. The highest BCUT2D eigenvalue weighted by Gasteiger charge is 2.34. The lowest BCUT2D eigenvalue weighted by atomic mass is 9.98. The molecule has 0 amide bonds. The standard InChI is InChI=1S/C10H14O3/c1-2-3-7-4-5-8(10(7)13)6-9(11)12/h2,7-8H,1,3-6H2,(H,11,12).